The fourth-order valence-corrected chi connectivity index (χ4v) is 2.73. The molecule has 0 spiro atoms. The van der Waals surface area contributed by atoms with Crippen LogP contribution in [0.2, 0.25) is 0 Å². The van der Waals surface area contributed by atoms with Gasteiger partial charge in [0.2, 0.25) is 0 Å². The van der Waals surface area contributed by atoms with E-state index < -0.39 is 11.7 Å². The van der Waals surface area contributed by atoms with Gasteiger partial charge >= 0.3 is 6.18 Å². The van der Waals surface area contributed by atoms with Crippen LogP contribution in [-0.2, 0) is 6.18 Å². The Bertz CT molecular complexity index is 515. The quantitative estimate of drug-likeness (QED) is 0.795. The predicted molar refractivity (Wildman–Crippen MR) is 80.9 cm³/mol. The van der Waals surface area contributed by atoms with Gasteiger partial charge in [0.05, 0.1) is 16.2 Å². The monoisotopic (exact) mass is 366 g/mol. The molecule has 110 valence electrons. The summed E-state index contributed by atoms with van der Waals surface area (Å²) in [6, 6.07) is 4.10. The van der Waals surface area contributed by atoms with Crippen LogP contribution in [0.5, 0.6) is 0 Å². The van der Waals surface area contributed by atoms with E-state index in [0.717, 1.165) is 30.7 Å². The lowest BCUT2D eigenvalue weighted by molar-refractivity contribution is -0.137. The molecule has 20 heavy (non-hydrogen) atoms. The molecular formula is C13H14BrF3N2S. The summed E-state index contributed by atoms with van der Waals surface area (Å²) in [6.07, 6.45) is -1.68. The minimum Gasteiger partial charge on any atom is -0.393 e. The smallest absolute Gasteiger partial charge is 0.393 e. The number of nitrogens with two attached hydrogens (primary N) is 1. The van der Waals surface area contributed by atoms with E-state index in [1.165, 1.54) is 6.07 Å². The molecule has 2 rings (SSSR count). The number of rotatable bonds is 5. The summed E-state index contributed by atoms with van der Waals surface area (Å²) in [7, 11) is 0. The second-order valence-corrected chi connectivity index (χ2v) is 6.18. The molecule has 7 heteroatoms. The molecular weight excluding hydrogens is 353 g/mol. The summed E-state index contributed by atoms with van der Waals surface area (Å²) >= 11 is 8.10. The molecule has 1 aliphatic carbocycles. The van der Waals surface area contributed by atoms with Gasteiger partial charge in [0, 0.05) is 23.5 Å². The Labute approximate surface area is 129 Å². The molecule has 1 aromatic rings. The molecule has 0 radical (unpaired) electrons. The fraction of sp³-hybridized carbons (Fsp3) is 0.462. The minimum atomic E-state index is -4.33. The van der Waals surface area contributed by atoms with Crippen LogP contribution in [0.4, 0.5) is 18.9 Å². The van der Waals surface area contributed by atoms with Gasteiger partial charge in [-0.25, -0.2) is 0 Å². The molecule has 1 aromatic carbocycles. The van der Waals surface area contributed by atoms with Crippen molar-refractivity contribution in [2.24, 2.45) is 5.73 Å². The molecule has 2 nitrogen and oxygen atoms in total. The third kappa shape index (κ3) is 3.85. The van der Waals surface area contributed by atoms with E-state index in [1.807, 2.05) is 0 Å². The van der Waals surface area contributed by atoms with Gasteiger partial charge < -0.3 is 10.6 Å². The van der Waals surface area contributed by atoms with Gasteiger partial charge in [-0.3, -0.25) is 0 Å². The number of hydrogen-bond donors (Lipinski definition) is 1. The van der Waals surface area contributed by atoms with Crippen LogP contribution in [0.1, 0.15) is 24.8 Å². The van der Waals surface area contributed by atoms with E-state index >= 15 is 0 Å². The maximum atomic E-state index is 12.7. The summed E-state index contributed by atoms with van der Waals surface area (Å²) in [5.41, 5.74) is 5.61. The summed E-state index contributed by atoms with van der Waals surface area (Å²) in [5.74, 6) is 0. The van der Waals surface area contributed by atoms with Crippen molar-refractivity contribution < 1.29 is 13.2 Å². The molecule has 1 fully saturated rings. The Morgan fingerprint density at radius 1 is 1.40 bits per heavy atom. The zero-order chi connectivity index (χ0) is 14.9. The van der Waals surface area contributed by atoms with Crippen molar-refractivity contribution >= 4 is 38.8 Å². The minimum absolute atomic E-state index is 0.373. The van der Waals surface area contributed by atoms with Crippen molar-refractivity contribution in [1.82, 2.24) is 0 Å². The standard InChI is InChI=1S/C13H14BrF3N2S/c14-10-7-8(13(15,16)17)1-4-11(10)19(9-2-3-9)6-5-12(18)20/h1,4,7,9H,2-3,5-6H2,(H2,18,20). The van der Waals surface area contributed by atoms with E-state index in [9.17, 15) is 13.2 Å². The molecule has 0 heterocycles. The summed E-state index contributed by atoms with van der Waals surface area (Å²) in [5, 5.41) is 0. The van der Waals surface area contributed by atoms with Crippen molar-refractivity contribution in [2.75, 3.05) is 11.4 Å². The largest absolute Gasteiger partial charge is 0.416 e. The zero-order valence-corrected chi connectivity index (χ0v) is 13.0. The molecule has 0 atom stereocenters. The third-order valence-corrected chi connectivity index (χ3v) is 4.01. The van der Waals surface area contributed by atoms with Crippen molar-refractivity contribution in [2.45, 2.75) is 31.5 Å². The zero-order valence-electron chi connectivity index (χ0n) is 10.6. The van der Waals surface area contributed by atoms with Gasteiger partial charge in [0.1, 0.15) is 0 Å². The van der Waals surface area contributed by atoms with Crippen LogP contribution in [0.15, 0.2) is 22.7 Å². The van der Waals surface area contributed by atoms with E-state index in [0.29, 0.717) is 28.5 Å². The Hall–Kier alpha value is -0.820. The number of thiocarbonyl (C=S) groups is 1. The van der Waals surface area contributed by atoms with E-state index in [2.05, 4.69) is 20.8 Å². The predicted octanol–water partition coefficient (Wildman–Crippen LogP) is 4.11. The number of anilines is 1. The lowest BCUT2D eigenvalue weighted by atomic mass is 10.2. The number of benzene rings is 1. The molecule has 1 saturated carbocycles. The lowest BCUT2D eigenvalue weighted by Gasteiger charge is -2.26. The van der Waals surface area contributed by atoms with Crippen LogP contribution in [0, 0.1) is 0 Å². The summed E-state index contributed by atoms with van der Waals surface area (Å²) in [4.78, 5) is 2.49. The van der Waals surface area contributed by atoms with Crippen molar-refractivity contribution in [3.8, 4) is 0 Å². The molecule has 0 aliphatic heterocycles. The summed E-state index contributed by atoms with van der Waals surface area (Å²) < 4.78 is 38.4. The first-order valence-electron chi connectivity index (χ1n) is 6.20. The first-order chi connectivity index (χ1) is 9.29. The molecule has 1 aliphatic rings. The van der Waals surface area contributed by atoms with Gasteiger partial charge in [-0.05, 0) is 47.0 Å². The summed E-state index contributed by atoms with van der Waals surface area (Å²) in [6.45, 7) is 0.629. The highest BCUT2D eigenvalue weighted by molar-refractivity contribution is 9.10. The Kier molecular flexibility index (Phi) is 4.59. The highest BCUT2D eigenvalue weighted by atomic mass is 79.9. The number of nitrogens with zero attached hydrogens (tertiary/aromatic N) is 1. The highest BCUT2D eigenvalue weighted by Gasteiger charge is 2.33. The molecule has 0 amide bonds. The molecule has 0 bridgehead atoms. The first kappa shape index (κ1) is 15.6. The van der Waals surface area contributed by atoms with E-state index in [4.69, 9.17) is 18.0 Å². The van der Waals surface area contributed by atoms with Gasteiger partial charge in [0.15, 0.2) is 0 Å². The lowest BCUT2D eigenvalue weighted by Crippen LogP contribution is -2.30. The van der Waals surface area contributed by atoms with Crippen molar-refractivity contribution in [3.05, 3.63) is 28.2 Å². The van der Waals surface area contributed by atoms with Crippen LogP contribution in [-0.4, -0.2) is 17.6 Å². The van der Waals surface area contributed by atoms with Gasteiger partial charge in [-0.1, -0.05) is 12.2 Å². The van der Waals surface area contributed by atoms with Crippen molar-refractivity contribution in [1.29, 1.82) is 0 Å². The number of hydrogen-bond acceptors (Lipinski definition) is 2. The third-order valence-electron chi connectivity index (χ3n) is 3.17. The average molecular weight is 367 g/mol. The van der Waals surface area contributed by atoms with Gasteiger partial charge in [-0.15, -0.1) is 0 Å². The SMILES string of the molecule is NC(=S)CCN(c1ccc(C(F)(F)F)cc1Br)C1CC1. The maximum absolute atomic E-state index is 12.7. The average Bonchev–Trinajstić information content (AvgIpc) is 3.13. The first-order valence-corrected chi connectivity index (χ1v) is 7.41. The van der Waals surface area contributed by atoms with E-state index in [-0.39, 0.29) is 0 Å². The molecule has 2 N–H and O–H groups in total. The van der Waals surface area contributed by atoms with Crippen LogP contribution < -0.4 is 10.6 Å². The Morgan fingerprint density at radius 2 is 2.05 bits per heavy atom. The van der Waals surface area contributed by atoms with Crippen LogP contribution in [0.3, 0.4) is 0 Å². The fourth-order valence-electron chi connectivity index (χ4n) is 2.03. The van der Waals surface area contributed by atoms with E-state index in [1.54, 1.807) is 0 Å². The highest BCUT2D eigenvalue weighted by Crippen LogP contribution is 2.39. The molecule has 0 unspecified atom stereocenters. The van der Waals surface area contributed by atoms with Crippen LogP contribution >= 0.6 is 28.1 Å². The van der Waals surface area contributed by atoms with Gasteiger partial charge in [0.25, 0.3) is 0 Å². The molecule has 0 saturated heterocycles. The van der Waals surface area contributed by atoms with Crippen molar-refractivity contribution in [3.63, 3.8) is 0 Å². The molecule has 0 aromatic heterocycles. The second-order valence-electron chi connectivity index (χ2n) is 4.80. The Morgan fingerprint density at radius 3 is 2.50 bits per heavy atom. The van der Waals surface area contributed by atoms with Crippen LogP contribution in [0.25, 0.3) is 0 Å². The second kappa shape index (κ2) is 5.89. The number of alkyl halides is 3. The van der Waals surface area contributed by atoms with Gasteiger partial charge in [-0.2, -0.15) is 13.2 Å². The Balaban J connectivity index is 2.23. The maximum Gasteiger partial charge on any atom is 0.416 e. The normalized spacial score (nSPS) is 15.2. The number of halogens is 4. The topological polar surface area (TPSA) is 29.3 Å².